The number of pyridine rings is 1. The molecule has 0 aromatic carbocycles. The highest BCUT2D eigenvalue weighted by atomic mass is 16.4. The highest BCUT2D eigenvalue weighted by Crippen LogP contribution is 2.21. The first kappa shape index (κ1) is 12.6. The summed E-state index contributed by atoms with van der Waals surface area (Å²) >= 11 is 0. The number of carboxylic acids is 1. The normalized spacial score (nSPS) is 14.4. The van der Waals surface area contributed by atoms with Gasteiger partial charge in [-0.15, -0.1) is 0 Å². The predicted molar refractivity (Wildman–Crippen MR) is 71.0 cm³/mol. The molecule has 18 heavy (non-hydrogen) atoms. The van der Waals surface area contributed by atoms with Gasteiger partial charge in [-0.05, 0) is 38.7 Å². The number of hydrogen-bond donors (Lipinski definition) is 2. The van der Waals surface area contributed by atoms with E-state index in [0.29, 0.717) is 5.69 Å². The summed E-state index contributed by atoms with van der Waals surface area (Å²) in [5, 5.41) is 12.3. The lowest BCUT2D eigenvalue weighted by molar-refractivity contribution is 0.0697. The predicted octanol–water partition coefficient (Wildman–Crippen LogP) is 3.00. The average Bonchev–Trinajstić information content (AvgIpc) is 2.82. The molecule has 1 aliphatic carbocycles. The number of rotatable bonds is 5. The zero-order chi connectivity index (χ0) is 13.0. The number of carboxylic acid groups (broad SMARTS) is 1. The van der Waals surface area contributed by atoms with Gasteiger partial charge in [0.15, 0.2) is 0 Å². The molecule has 0 amide bonds. The molecular formula is C14H18N2O2. The van der Waals surface area contributed by atoms with Crippen LogP contribution in [0.15, 0.2) is 23.9 Å². The van der Waals surface area contributed by atoms with E-state index in [9.17, 15) is 4.79 Å². The first-order chi connectivity index (χ1) is 8.66. The van der Waals surface area contributed by atoms with Crippen LogP contribution in [-0.4, -0.2) is 22.6 Å². The van der Waals surface area contributed by atoms with E-state index in [1.54, 1.807) is 6.07 Å². The third-order valence-electron chi connectivity index (χ3n) is 3.17. The second-order valence-electron chi connectivity index (χ2n) is 4.61. The van der Waals surface area contributed by atoms with Crippen LogP contribution in [0.25, 0.3) is 0 Å². The molecule has 0 saturated carbocycles. The second-order valence-corrected chi connectivity index (χ2v) is 4.61. The lowest BCUT2D eigenvalue weighted by atomic mass is 10.1. The summed E-state index contributed by atoms with van der Waals surface area (Å²) in [6, 6.07) is 1.78. The van der Waals surface area contributed by atoms with Crippen LogP contribution in [0.3, 0.4) is 0 Å². The van der Waals surface area contributed by atoms with Crippen LogP contribution in [0.5, 0.6) is 0 Å². The van der Waals surface area contributed by atoms with Crippen LogP contribution in [0.2, 0.25) is 0 Å². The van der Waals surface area contributed by atoms with Crippen LogP contribution in [-0.2, 0) is 0 Å². The van der Waals surface area contributed by atoms with E-state index in [1.807, 2.05) is 6.92 Å². The molecule has 4 heteroatoms. The molecule has 0 fully saturated rings. The lowest BCUT2D eigenvalue weighted by Gasteiger charge is -2.10. The zero-order valence-electron chi connectivity index (χ0n) is 10.6. The van der Waals surface area contributed by atoms with Crippen molar-refractivity contribution in [2.24, 2.45) is 0 Å². The maximum absolute atomic E-state index is 11.1. The summed E-state index contributed by atoms with van der Waals surface area (Å²) in [6.07, 6.45) is 8.31. The molecule has 96 valence electrons. The molecule has 0 atom stereocenters. The van der Waals surface area contributed by atoms with E-state index < -0.39 is 5.97 Å². The molecular weight excluding hydrogens is 228 g/mol. The van der Waals surface area contributed by atoms with E-state index in [0.717, 1.165) is 18.7 Å². The largest absolute Gasteiger partial charge is 0.478 e. The van der Waals surface area contributed by atoms with Gasteiger partial charge in [0, 0.05) is 18.4 Å². The summed E-state index contributed by atoms with van der Waals surface area (Å²) in [7, 11) is 0. The average molecular weight is 246 g/mol. The minimum Gasteiger partial charge on any atom is -0.478 e. The topological polar surface area (TPSA) is 62.2 Å². The van der Waals surface area contributed by atoms with Crippen molar-refractivity contribution in [2.75, 3.05) is 11.9 Å². The van der Waals surface area contributed by atoms with Gasteiger partial charge in [-0.3, -0.25) is 4.98 Å². The Balaban J connectivity index is 1.99. The SMILES string of the molecule is Cc1cc(NCCC2=CCCC2)c(C(=O)O)cn1. The quantitative estimate of drug-likeness (QED) is 0.784. The van der Waals surface area contributed by atoms with E-state index in [2.05, 4.69) is 16.4 Å². The van der Waals surface area contributed by atoms with Gasteiger partial charge in [0.2, 0.25) is 0 Å². The number of aryl methyl sites for hydroxylation is 1. The number of hydrogen-bond acceptors (Lipinski definition) is 3. The monoisotopic (exact) mass is 246 g/mol. The maximum Gasteiger partial charge on any atom is 0.339 e. The minimum atomic E-state index is -0.940. The fourth-order valence-electron chi connectivity index (χ4n) is 2.20. The first-order valence-corrected chi connectivity index (χ1v) is 6.28. The van der Waals surface area contributed by atoms with Gasteiger partial charge in [0.1, 0.15) is 5.56 Å². The standard InChI is InChI=1S/C14H18N2O2/c1-10-8-13(12(9-16-10)14(17)18)15-7-6-11-4-2-3-5-11/h4,8-9H,2-3,5-7H2,1H3,(H,15,16)(H,17,18). The van der Waals surface area contributed by atoms with Crippen molar-refractivity contribution in [3.05, 3.63) is 35.2 Å². The van der Waals surface area contributed by atoms with Crippen LogP contribution in [0, 0.1) is 6.92 Å². The molecule has 2 rings (SSSR count). The van der Waals surface area contributed by atoms with Crippen molar-refractivity contribution < 1.29 is 9.90 Å². The molecule has 2 N–H and O–H groups in total. The molecule has 0 saturated heterocycles. The number of nitrogens with one attached hydrogen (secondary N) is 1. The summed E-state index contributed by atoms with van der Waals surface area (Å²) in [4.78, 5) is 15.1. The van der Waals surface area contributed by atoms with Crippen molar-refractivity contribution in [1.29, 1.82) is 0 Å². The number of allylic oxidation sites excluding steroid dienone is 1. The Morgan fingerprint density at radius 1 is 1.56 bits per heavy atom. The van der Waals surface area contributed by atoms with E-state index in [4.69, 9.17) is 5.11 Å². The Bertz CT molecular complexity index is 481. The number of anilines is 1. The maximum atomic E-state index is 11.1. The highest BCUT2D eigenvalue weighted by molar-refractivity contribution is 5.93. The summed E-state index contributed by atoms with van der Waals surface area (Å²) in [5.74, 6) is -0.940. The molecule has 0 spiro atoms. The molecule has 1 heterocycles. The molecule has 0 bridgehead atoms. The fourth-order valence-corrected chi connectivity index (χ4v) is 2.20. The molecule has 0 radical (unpaired) electrons. The number of aromatic carboxylic acids is 1. The Kier molecular flexibility index (Phi) is 3.97. The van der Waals surface area contributed by atoms with E-state index in [-0.39, 0.29) is 5.56 Å². The van der Waals surface area contributed by atoms with Crippen molar-refractivity contribution >= 4 is 11.7 Å². The van der Waals surface area contributed by atoms with Gasteiger partial charge < -0.3 is 10.4 Å². The van der Waals surface area contributed by atoms with Gasteiger partial charge in [0.05, 0.1) is 5.69 Å². The zero-order valence-corrected chi connectivity index (χ0v) is 10.6. The molecule has 0 unspecified atom stereocenters. The van der Waals surface area contributed by atoms with Crippen molar-refractivity contribution in [3.63, 3.8) is 0 Å². The highest BCUT2D eigenvalue weighted by Gasteiger charge is 2.11. The third-order valence-corrected chi connectivity index (χ3v) is 3.17. The molecule has 0 aliphatic heterocycles. The van der Waals surface area contributed by atoms with Gasteiger partial charge in [0.25, 0.3) is 0 Å². The summed E-state index contributed by atoms with van der Waals surface area (Å²) < 4.78 is 0. The number of aromatic nitrogens is 1. The molecule has 1 aliphatic rings. The van der Waals surface area contributed by atoms with E-state index in [1.165, 1.54) is 31.0 Å². The summed E-state index contributed by atoms with van der Waals surface area (Å²) in [5.41, 5.74) is 3.20. The Hall–Kier alpha value is -1.84. The molecule has 4 nitrogen and oxygen atoms in total. The fraction of sp³-hybridized carbons (Fsp3) is 0.429. The van der Waals surface area contributed by atoms with E-state index >= 15 is 0 Å². The van der Waals surface area contributed by atoms with Crippen LogP contribution in [0.4, 0.5) is 5.69 Å². The lowest BCUT2D eigenvalue weighted by Crippen LogP contribution is -2.09. The van der Waals surface area contributed by atoms with Gasteiger partial charge in [-0.25, -0.2) is 4.79 Å². The van der Waals surface area contributed by atoms with Gasteiger partial charge >= 0.3 is 5.97 Å². The first-order valence-electron chi connectivity index (χ1n) is 6.28. The number of carbonyl (C=O) groups is 1. The molecule has 1 aromatic rings. The van der Waals surface area contributed by atoms with Crippen LogP contribution in [0.1, 0.15) is 41.7 Å². The Morgan fingerprint density at radius 2 is 2.39 bits per heavy atom. The Morgan fingerprint density at radius 3 is 3.06 bits per heavy atom. The van der Waals surface area contributed by atoms with Crippen molar-refractivity contribution in [1.82, 2.24) is 4.98 Å². The number of nitrogens with zero attached hydrogens (tertiary/aromatic N) is 1. The van der Waals surface area contributed by atoms with Crippen molar-refractivity contribution in [2.45, 2.75) is 32.6 Å². The third kappa shape index (κ3) is 3.09. The minimum absolute atomic E-state index is 0.237. The van der Waals surface area contributed by atoms with Crippen molar-refractivity contribution in [3.8, 4) is 0 Å². The smallest absolute Gasteiger partial charge is 0.339 e. The van der Waals surface area contributed by atoms with Crippen LogP contribution >= 0.6 is 0 Å². The molecule has 1 aromatic heterocycles. The van der Waals surface area contributed by atoms with Gasteiger partial charge in [-0.2, -0.15) is 0 Å². The Labute approximate surface area is 107 Å². The van der Waals surface area contributed by atoms with Gasteiger partial charge in [-0.1, -0.05) is 11.6 Å². The van der Waals surface area contributed by atoms with Crippen LogP contribution < -0.4 is 5.32 Å². The summed E-state index contributed by atoms with van der Waals surface area (Å²) in [6.45, 7) is 2.63. The second kappa shape index (κ2) is 5.67.